The van der Waals surface area contributed by atoms with Crippen molar-refractivity contribution in [2.45, 2.75) is 26.3 Å². The highest BCUT2D eigenvalue weighted by molar-refractivity contribution is 9.10. The Morgan fingerprint density at radius 1 is 1.15 bits per heavy atom. The lowest BCUT2D eigenvalue weighted by Crippen LogP contribution is -2.23. The Bertz CT molecular complexity index is 566. The molecule has 0 saturated carbocycles. The fourth-order valence-corrected chi connectivity index (χ4v) is 2.78. The first-order chi connectivity index (χ1) is 9.61. The van der Waals surface area contributed by atoms with E-state index in [1.54, 1.807) is 0 Å². The van der Waals surface area contributed by atoms with Gasteiger partial charge in [0, 0.05) is 9.50 Å². The van der Waals surface area contributed by atoms with Crippen LogP contribution in [0.15, 0.2) is 46.9 Å². The van der Waals surface area contributed by atoms with Crippen molar-refractivity contribution in [3.63, 3.8) is 0 Å². The first-order valence-electron chi connectivity index (χ1n) is 6.86. The molecule has 0 aliphatic heterocycles. The number of rotatable bonds is 5. The lowest BCUT2D eigenvalue weighted by atomic mass is 9.95. The first kappa shape index (κ1) is 15.6. The monoisotopic (exact) mass is 351 g/mol. The van der Waals surface area contributed by atoms with Gasteiger partial charge in [0.05, 0.1) is 6.04 Å². The van der Waals surface area contributed by atoms with E-state index in [4.69, 9.17) is 11.6 Å². The maximum absolute atomic E-state index is 6.00. The maximum atomic E-state index is 6.00. The molecule has 0 radical (unpaired) electrons. The third-order valence-electron chi connectivity index (χ3n) is 3.35. The Morgan fingerprint density at radius 3 is 2.50 bits per heavy atom. The van der Waals surface area contributed by atoms with E-state index in [9.17, 15) is 0 Å². The molecule has 0 aliphatic carbocycles. The van der Waals surface area contributed by atoms with Crippen LogP contribution in [-0.4, -0.2) is 6.54 Å². The lowest BCUT2D eigenvalue weighted by molar-refractivity contribution is 0.596. The van der Waals surface area contributed by atoms with Crippen molar-refractivity contribution in [3.8, 4) is 0 Å². The van der Waals surface area contributed by atoms with Gasteiger partial charge in [-0.1, -0.05) is 52.7 Å². The van der Waals surface area contributed by atoms with Gasteiger partial charge in [0.2, 0.25) is 0 Å². The van der Waals surface area contributed by atoms with Gasteiger partial charge in [-0.05, 0) is 60.8 Å². The van der Waals surface area contributed by atoms with Crippen LogP contribution in [0.1, 0.15) is 36.1 Å². The van der Waals surface area contributed by atoms with Gasteiger partial charge in [-0.25, -0.2) is 0 Å². The minimum Gasteiger partial charge on any atom is -0.306 e. The predicted molar refractivity (Wildman–Crippen MR) is 90.5 cm³/mol. The average Bonchev–Trinajstić information content (AvgIpc) is 2.44. The molecule has 106 valence electrons. The SMILES string of the molecule is CCCNC(c1ccc(Cl)cc1)c1cc(Br)ccc1C. The van der Waals surface area contributed by atoms with Crippen molar-refractivity contribution in [2.24, 2.45) is 0 Å². The number of hydrogen-bond acceptors (Lipinski definition) is 1. The smallest absolute Gasteiger partial charge is 0.0579 e. The zero-order valence-corrected chi connectivity index (χ0v) is 14.1. The van der Waals surface area contributed by atoms with Gasteiger partial charge >= 0.3 is 0 Å². The van der Waals surface area contributed by atoms with E-state index in [0.29, 0.717) is 0 Å². The molecular weight excluding hydrogens is 334 g/mol. The van der Waals surface area contributed by atoms with Crippen LogP contribution in [0.5, 0.6) is 0 Å². The van der Waals surface area contributed by atoms with Crippen LogP contribution in [0.4, 0.5) is 0 Å². The van der Waals surface area contributed by atoms with Crippen molar-refractivity contribution in [2.75, 3.05) is 6.54 Å². The molecule has 1 atom stereocenters. The van der Waals surface area contributed by atoms with Gasteiger partial charge < -0.3 is 5.32 Å². The summed E-state index contributed by atoms with van der Waals surface area (Å²) in [5, 5.41) is 4.40. The summed E-state index contributed by atoms with van der Waals surface area (Å²) >= 11 is 9.56. The van der Waals surface area contributed by atoms with Crippen LogP contribution in [0, 0.1) is 6.92 Å². The van der Waals surface area contributed by atoms with Crippen LogP contribution in [0.3, 0.4) is 0 Å². The van der Waals surface area contributed by atoms with Gasteiger partial charge in [-0.15, -0.1) is 0 Å². The summed E-state index contributed by atoms with van der Waals surface area (Å²) in [6.45, 7) is 5.32. The van der Waals surface area contributed by atoms with Crippen LogP contribution in [0.25, 0.3) is 0 Å². The zero-order valence-electron chi connectivity index (χ0n) is 11.8. The fourth-order valence-electron chi connectivity index (χ4n) is 2.27. The second-order valence-corrected chi connectivity index (χ2v) is 6.29. The quantitative estimate of drug-likeness (QED) is 0.749. The van der Waals surface area contributed by atoms with E-state index >= 15 is 0 Å². The summed E-state index contributed by atoms with van der Waals surface area (Å²) in [6, 6.07) is 14.7. The molecule has 2 rings (SSSR count). The molecule has 20 heavy (non-hydrogen) atoms. The van der Waals surface area contributed by atoms with E-state index in [0.717, 1.165) is 22.5 Å². The molecular formula is C17H19BrClN. The van der Waals surface area contributed by atoms with E-state index in [1.165, 1.54) is 16.7 Å². The zero-order chi connectivity index (χ0) is 14.5. The minimum atomic E-state index is 0.199. The number of aryl methyl sites for hydroxylation is 1. The number of nitrogens with one attached hydrogen (secondary N) is 1. The molecule has 0 aromatic heterocycles. The Balaban J connectivity index is 2.41. The summed E-state index contributed by atoms with van der Waals surface area (Å²) in [5.41, 5.74) is 3.83. The van der Waals surface area contributed by atoms with Crippen LogP contribution in [0.2, 0.25) is 5.02 Å². The standard InChI is InChI=1S/C17H19BrClN/c1-3-10-20-17(13-5-8-15(19)9-6-13)16-11-14(18)7-4-12(16)2/h4-9,11,17,20H,3,10H2,1-2H3. The van der Waals surface area contributed by atoms with Gasteiger partial charge in [-0.3, -0.25) is 0 Å². The minimum absolute atomic E-state index is 0.199. The Kier molecular flexibility index (Phi) is 5.64. The summed E-state index contributed by atoms with van der Waals surface area (Å²) in [6.07, 6.45) is 1.11. The third kappa shape index (κ3) is 3.85. The number of hydrogen-bond donors (Lipinski definition) is 1. The summed E-state index contributed by atoms with van der Waals surface area (Å²) < 4.78 is 1.11. The highest BCUT2D eigenvalue weighted by atomic mass is 79.9. The van der Waals surface area contributed by atoms with Crippen molar-refractivity contribution in [1.29, 1.82) is 0 Å². The topological polar surface area (TPSA) is 12.0 Å². The highest BCUT2D eigenvalue weighted by Gasteiger charge is 2.15. The van der Waals surface area contributed by atoms with Crippen LogP contribution < -0.4 is 5.32 Å². The molecule has 0 bridgehead atoms. The fraction of sp³-hybridized carbons (Fsp3) is 0.294. The van der Waals surface area contributed by atoms with Gasteiger partial charge in [0.25, 0.3) is 0 Å². The maximum Gasteiger partial charge on any atom is 0.0579 e. The van der Waals surface area contributed by atoms with Crippen LogP contribution >= 0.6 is 27.5 Å². The number of halogens is 2. The Labute approximate surface area is 134 Å². The second kappa shape index (κ2) is 7.26. The van der Waals surface area contributed by atoms with E-state index in [2.05, 4.69) is 65.4 Å². The van der Waals surface area contributed by atoms with Crippen molar-refractivity contribution >= 4 is 27.5 Å². The molecule has 1 nitrogen and oxygen atoms in total. The average molecular weight is 353 g/mol. The molecule has 0 saturated heterocycles. The molecule has 0 amide bonds. The molecule has 0 heterocycles. The molecule has 0 fully saturated rings. The molecule has 3 heteroatoms. The van der Waals surface area contributed by atoms with E-state index < -0.39 is 0 Å². The normalized spacial score (nSPS) is 12.4. The Hall–Kier alpha value is -0.830. The molecule has 2 aromatic rings. The van der Waals surface area contributed by atoms with E-state index in [1.807, 2.05) is 12.1 Å². The second-order valence-electron chi connectivity index (χ2n) is 4.94. The summed E-state index contributed by atoms with van der Waals surface area (Å²) in [4.78, 5) is 0. The molecule has 1 unspecified atom stereocenters. The lowest BCUT2D eigenvalue weighted by Gasteiger charge is -2.22. The van der Waals surface area contributed by atoms with Gasteiger partial charge in [-0.2, -0.15) is 0 Å². The predicted octanol–water partition coefficient (Wildman–Crippen LogP) is 5.50. The summed E-state index contributed by atoms with van der Waals surface area (Å²) in [7, 11) is 0. The molecule has 1 N–H and O–H groups in total. The third-order valence-corrected chi connectivity index (χ3v) is 4.10. The van der Waals surface area contributed by atoms with Gasteiger partial charge in [0.1, 0.15) is 0 Å². The molecule has 0 spiro atoms. The van der Waals surface area contributed by atoms with Gasteiger partial charge in [0.15, 0.2) is 0 Å². The molecule has 0 aliphatic rings. The highest BCUT2D eigenvalue weighted by Crippen LogP contribution is 2.28. The van der Waals surface area contributed by atoms with E-state index in [-0.39, 0.29) is 6.04 Å². The van der Waals surface area contributed by atoms with Crippen molar-refractivity contribution < 1.29 is 0 Å². The Morgan fingerprint density at radius 2 is 1.85 bits per heavy atom. The summed E-state index contributed by atoms with van der Waals surface area (Å²) in [5.74, 6) is 0. The first-order valence-corrected chi connectivity index (χ1v) is 8.04. The van der Waals surface area contributed by atoms with Crippen LogP contribution in [-0.2, 0) is 0 Å². The largest absolute Gasteiger partial charge is 0.306 e. The van der Waals surface area contributed by atoms with Crippen molar-refractivity contribution in [1.82, 2.24) is 5.32 Å². The number of benzene rings is 2. The van der Waals surface area contributed by atoms with Crippen molar-refractivity contribution in [3.05, 3.63) is 68.7 Å². The molecule has 2 aromatic carbocycles.